The van der Waals surface area contributed by atoms with Gasteiger partial charge in [-0.05, 0) is 30.3 Å². The van der Waals surface area contributed by atoms with Gasteiger partial charge in [-0.3, -0.25) is 14.6 Å². The van der Waals surface area contributed by atoms with Gasteiger partial charge < -0.3 is 15.0 Å². The molecule has 0 unspecified atom stereocenters. The Kier molecular flexibility index (Phi) is 5.41. The molecule has 0 atom stereocenters. The first kappa shape index (κ1) is 18.8. The molecule has 1 aromatic carbocycles. The Bertz CT molecular complexity index is 849. The molecule has 2 heterocycles. The number of amides is 2. The van der Waals surface area contributed by atoms with Crippen molar-refractivity contribution in [1.29, 1.82) is 0 Å². The summed E-state index contributed by atoms with van der Waals surface area (Å²) in [5.74, 6) is -0.959. The van der Waals surface area contributed by atoms with Crippen molar-refractivity contribution in [3.05, 3.63) is 59.4 Å². The number of hydrogen-bond acceptors (Lipinski definition) is 4. The molecule has 0 spiro atoms. The zero-order valence-corrected chi connectivity index (χ0v) is 14.1. The Morgan fingerprint density at radius 2 is 1.85 bits per heavy atom. The standard InChI is InChI=1S/C18H16F3N3O3/c19-18(20,21)13-2-1-3-14(11-13)23-16(25)12-4-5-22-15(10-12)17(26)24-6-8-27-9-7-24/h1-5,10-11H,6-9H2,(H,23,25). The number of aromatic nitrogens is 1. The van der Waals surface area contributed by atoms with Crippen molar-refractivity contribution >= 4 is 17.5 Å². The zero-order valence-electron chi connectivity index (χ0n) is 14.1. The van der Waals surface area contributed by atoms with E-state index in [1.807, 2.05) is 0 Å². The Hall–Kier alpha value is -2.94. The molecule has 0 bridgehead atoms. The smallest absolute Gasteiger partial charge is 0.378 e. The number of benzene rings is 1. The average molecular weight is 379 g/mol. The van der Waals surface area contributed by atoms with Gasteiger partial charge >= 0.3 is 6.18 Å². The lowest BCUT2D eigenvalue weighted by atomic mass is 10.1. The van der Waals surface area contributed by atoms with Gasteiger partial charge in [0, 0.05) is 30.5 Å². The number of nitrogens with one attached hydrogen (secondary N) is 1. The summed E-state index contributed by atoms with van der Waals surface area (Å²) in [6.45, 7) is 1.73. The topological polar surface area (TPSA) is 71.5 Å². The predicted molar refractivity (Wildman–Crippen MR) is 90.4 cm³/mol. The third-order valence-electron chi connectivity index (χ3n) is 3.99. The maximum absolute atomic E-state index is 12.8. The van der Waals surface area contributed by atoms with Crippen molar-refractivity contribution < 1.29 is 27.5 Å². The highest BCUT2D eigenvalue weighted by Crippen LogP contribution is 2.30. The van der Waals surface area contributed by atoms with Gasteiger partial charge in [-0.15, -0.1) is 0 Å². The van der Waals surface area contributed by atoms with Crippen LogP contribution in [0.1, 0.15) is 26.4 Å². The van der Waals surface area contributed by atoms with Gasteiger partial charge in [0.15, 0.2) is 0 Å². The van der Waals surface area contributed by atoms with Crippen LogP contribution in [0.25, 0.3) is 0 Å². The van der Waals surface area contributed by atoms with Crippen LogP contribution in [0.2, 0.25) is 0 Å². The first-order valence-corrected chi connectivity index (χ1v) is 8.16. The molecule has 142 valence electrons. The van der Waals surface area contributed by atoms with E-state index in [-0.39, 0.29) is 22.9 Å². The van der Waals surface area contributed by atoms with Gasteiger partial charge in [-0.2, -0.15) is 13.2 Å². The molecule has 0 radical (unpaired) electrons. The van der Waals surface area contributed by atoms with Crippen LogP contribution in [0.4, 0.5) is 18.9 Å². The van der Waals surface area contributed by atoms with Crippen LogP contribution in [0.15, 0.2) is 42.6 Å². The number of nitrogens with zero attached hydrogens (tertiary/aromatic N) is 2. The van der Waals surface area contributed by atoms with E-state index < -0.39 is 17.6 Å². The molecule has 6 nitrogen and oxygen atoms in total. The zero-order chi connectivity index (χ0) is 19.4. The molecule has 2 aromatic rings. The summed E-state index contributed by atoms with van der Waals surface area (Å²) in [6, 6.07) is 7.03. The van der Waals surface area contributed by atoms with Gasteiger partial charge in [0.25, 0.3) is 11.8 Å². The minimum atomic E-state index is -4.50. The summed E-state index contributed by atoms with van der Waals surface area (Å²) >= 11 is 0. The first-order valence-electron chi connectivity index (χ1n) is 8.16. The molecule has 1 saturated heterocycles. The van der Waals surface area contributed by atoms with Crippen LogP contribution in [0, 0.1) is 0 Å². The lowest BCUT2D eigenvalue weighted by molar-refractivity contribution is -0.137. The highest BCUT2D eigenvalue weighted by molar-refractivity contribution is 6.05. The molecule has 0 aliphatic carbocycles. The number of pyridine rings is 1. The molecule has 1 aliphatic heterocycles. The van der Waals surface area contributed by atoms with Crippen LogP contribution in [0.5, 0.6) is 0 Å². The summed E-state index contributed by atoms with van der Waals surface area (Å²) in [7, 11) is 0. The van der Waals surface area contributed by atoms with Crippen LogP contribution in [-0.4, -0.2) is 48.0 Å². The highest BCUT2D eigenvalue weighted by atomic mass is 19.4. The molecule has 1 fully saturated rings. The Balaban J connectivity index is 1.75. The Morgan fingerprint density at radius 1 is 1.11 bits per heavy atom. The van der Waals surface area contributed by atoms with Crippen LogP contribution in [-0.2, 0) is 10.9 Å². The van der Waals surface area contributed by atoms with Gasteiger partial charge in [0.2, 0.25) is 0 Å². The number of hydrogen-bond donors (Lipinski definition) is 1. The minimum absolute atomic E-state index is 0.00712. The van der Waals surface area contributed by atoms with Crippen molar-refractivity contribution in [3.8, 4) is 0 Å². The van der Waals surface area contributed by atoms with Crippen molar-refractivity contribution in [2.24, 2.45) is 0 Å². The first-order chi connectivity index (χ1) is 12.8. The predicted octanol–water partition coefficient (Wildman–Crippen LogP) is 2.83. The molecule has 1 aliphatic rings. The van der Waals surface area contributed by atoms with E-state index in [2.05, 4.69) is 10.3 Å². The van der Waals surface area contributed by atoms with Crippen LogP contribution < -0.4 is 5.32 Å². The maximum atomic E-state index is 12.8. The second-order valence-electron chi connectivity index (χ2n) is 5.87. The summed E-state index contributed by atoms with van der Waals surface area (Å²) in [4.78, 5) is 30.4. The molecular weight excluding hydrogens is 363 g/mol. The lowest BCUT2D eigenvalue weighted by Gasteiger charge is -2.26. The number of ether oxygens (including phenoxy) is 1. The normalized spacial score (nSPS) is 14.7. The van der Waals surface area contributed by atoms with E-state index >= 15 is 0 Å². The number of alkyl halides is 3. The summed E-state index contributed by atoms with van der Waals surface area (Å²) < 4.78 is 43.5. The van der Waals surface area contributed by atoms with Gasteiger partial charge in [0.05, 0.1) is 18.8 Å². The number of anilines is 1. The van der Waals surface area contributed by atoms with Gasteiger partial charge in [-0.1, -0.05) is 6.07 Å². The van der Waals surface area contributed by atoms with E-state index in [0.29, 0.717) is 26.3 Å². The number of carbonyl (C=O) groups excluding carboxylic acids is 2. The third kappa shape index (κ3) is 4.62. The number of halogens is 3. The molecule has 3 rings (SSSR count). The SMILES string of the molecule is O=C(Nc1cccc(C(F)(F)F)c1)c1ccnc(C(=O)N2CCOCC2)c1. The maximum Gasteiger partial charge on any atom is 0.416 e. The fourth-order valence-electron chi connectivity index (χ4n) is 2.59. The van der Waals surface area contributed by atoms with Gasteiger partial charge in [-0.25, -0.2) is 0 Å². The van der Waals surface area contributed by atoms with E-state index in [0.717, 1.165) is 12.1 Å². The van der Waals surface area contributed by atoms with E-state index in [9.17, 15) is 22.8 Å². The number of morpholine rings is 1. The quantitative estimate of drug-likeness (QED) is 0.890. The van der Waals surface area contributed by atoms with E-state index in [1.165, 1.54) is 30.5 Å². The monoisotopic (exact) mass is 379 g/mol. The van der Waals surface area contributed by atoms with Crippen LogP contribution >= 0.6 is 0 Å². The molecule has 0 saturated carbocycles. The highest BCUT2D eigenvalue weighted by Gasteiger charge is 2.30. The molecule has 2 amide bonds. The molecule has 27 heavy (non-hydrogen) atoms. The van der Waals surface area contributed by atoms with Crippen molar-refractivity contribution in [2.45, 2.75) is 6.18 Å². The minimum Gasteiger partial charge on any atom is -0.378 e. The third-order valence-corrected chi connectivity index (χ3v) is 3.99. The second kappa shape index (κ2) is 7.75. The molecule has 1 aromatic heterocycles. The fraction of sp³-hybridized carbons (Fsp3) is 0.278. The molecular formula is C18H16F3N3O3. The molecule has 9 heteroatoms. The summed E-state index contributed by atoms with van der Waals surface area (Å²) in [5, 5.41) is 2.40. The Morgan fingerprint density at radius 3 is 2.56 bits per heavy atom. The number of rotatable bonds is 3. The van der Waals surface area contributed by atoms with Crippen molar-refractivity contribution in [2.75, 3.05) is 31.6 Å². The second-order valence-corrected chi connectivity index (χ2v) is 5.87. The molecule has 1 N–H and O–H groups in total. The van der Waals surface area contributed by atoms with Gasteiger partial charge in [0.1, 0.15) is 5.69 Å². The van der Waals surface area contributed by atoms with E-state index in [1.54, 1.807) is 4.90 Å². The van der Waals surface area contributed by atoms with Crippen molar-refractivity contribution in [1.82, 2.24) is 9.88 Å². The fourth-order valence-corrected chi connectivity index (χ4v) is 2.59. The van der Waals surface area contributed by atoms with Crippen molar-refractivity contribution in [3.63, 3.8) is 0 Å². The largest absolute Gasteiger partial charge is 0.416 e. The summed E-state index contributed by atoms with van der Waals surface area (Å²) in [6.07, 6.45) is -3.19. The average Bonchev–Trinajstić information content (AvgIpc) is 2.68. The van der Waals surface area contributed by atoms with Crippen LogP contribution in [0.3, 0.4) is 0 Å². The Labute approximate surface area is 152 Å². The van der Waals surface area contributed by atoms with E-state index in [4.69, 9.17) is 4.74 Å². The number of carbonyl (C=O) groups is 2. The lowest BCUT2D eigenvalue weighted by Crippen LogP contribution is -2.41. The summed E-state index contributed by atoms with van der Waals surface area (Å²) in [5.41, 5.74) is -0.640.